The Morgan fingerprint density at radius 2 is 1.70 bits per heavy atom. The number of ether oxygens (including phenoxy) is 2. The molecule has 0 spiro atoms. The predicted octanol–water partition coefficient (Wildman–Crippen LogP) is 4.07. The first kappa shape index (κ1) is 17.6. The quantitative estimate of drug-likeness (QED) is 0.391. The summed E-state index contributed by atoms with van der Waals surface area (Å²) in [5.74, 6) is 0.113. The van der Waals surface area contributed by atoms with E-state index in [1.54, 1.807) is 12.1 Å². The van der Waals surface area contributed by atoms with Gasteiger partial charge in [0.05, 0.1) is 18.8 Å². The Morgan fingerprint density at radius 3 is 2.56 bits per heavy atom. The number of fused-ring (bicyclic) bond motifs is 1. The molecule has 0 bridgehead atoms. The van der Waals surface area contributed by atoms with Gasteiger partial charge in [-0.3, -0.25) is 0 Å². The summed E-state index contributed by atoms with van der Waals surface area (Å²) in [5, 5.41) is 1.89. The van der Waals surface area contributed by atoms with Crippen molar-refractivity contribution in [2.75, 3.05) is 26.3 Å². The second-order valence-electron chi connectivity index (χ2n) is 6.35. The molecule has 3 aromatic rings. The topological polar surface area (TPSA) is 38.8 Å². The Hall–Kier alpha value is -2.76. The molecule has 27 heavy (non-hydrogen) atoms. The van der Waals surface area contributed by atoms with Gasteiger partial charge < -0.3 is 14.4 Å². The highest BCUT2D eigenvalue weighted by molar-refractivity contribution is 7.80. The zero-order valence-electron chi connectivity index (χ0n) is 14.8. The molecular weight excluding hydrogens is 358 g/mol. The minimum Gasteiger partial charge on any atom is -0.423 e. The molecule has 1 heterocycles. The fourth-order valence-electron chi connectivity index (χ4n) is 3.21. The number of rotatable bonds is 3. The highest BCUT2D eigenvalue weighted by Gasteiger charge is 2.17. The number of thiocarbonyl (C=S) groups is 1. The van der Waals surface area contributed by atoms with Crippen molar-refractivity contribution in [1.82, 2.24) is 4.90 Å². The average molecular weight is 377 g/mol. The van der Waals surface area contributed by atoms with Gasteiger partial charge in [0.1, 0.15) is 10.7 Å². The molecule has 0 amide bonds. The first-order chi connectivity index (χ1) is 13.2. The van der Waals surface area contributed by atoms with Crippen LogP contribution in [0.25, 0.3) is 10.8 Å². The molecule has 0 N–H and O–H groups in total. The predicted molar refractivity (Wildman–Crippen MR) is 109 cm³/mol. The molecule has 5 heteroatoms. The van der Waals surface area contributed by atoms with Crippen LogP contribution >= 0.6 is 12.2 Å². The number of carbonyl (C=O) groups is 1. The molecule has 1 fully saturated rings. The molecule has 0 aliphatic carbocycles. The van der Waals surface area contributed by atoms with Gasteiger partial charge in [-0.15, -0.1) is 0 Å². The van der Waals surface area contributed by atoms with Gasteiger partial charge in [-0.1, -0.05) is 60.7 Å². The summed E-state index contributed by atoms with van der Waals surface area (Å²) in [7, 11) is 0. The van der Waals surface area contributed by atoms with Crippen LogP contribution in [0.4, 0.5) is 0 Å². The van der Waals surface area contributed by atoms with Crippen LogP contribution < -0.4 is 4.74 Å². The van der Waals surface area contributed by atoms with Crippen LogP contribution in [0.1, 0.15) is 15.9 Å². The molecular formula is C22H19NO3S. The lowest BCUT2D eigenvalue weighted by molar-refractivity contribution is 0.0693. The summed E-state index contributed by atoms with van der Waals surface area (Å²) < 4.78 is 11.0. The Kier molecular flexibility index (Phi) is 5.14. The van der Waals surface area contributed by atoms with Crippen LogP contribution in [0.15, 0.2) is 66.7 Å². The number of nitrogens with zero attached hydrogens (tertiary/aromatic N) is 1. The van der Waals surface area contributed by atoms with Crippen molar-refractivity contribution in [2.24, 2.45) is 0 Å². The van der Waals surface area contributed by atoms with Crippen LogP contribution in [-0.4, -0.2) is 42.2 Å². The van der Waals surface area contributed by atoms with Crippen molar-refractivity contribution < 1.29 is 14.3 Å². The zero-order valence-corrected chi connectivity index (χ0v) is 15.6. The summed E-state index contributed by atoms with van der Waals surface area (Å²) in [6.07, 6.45) is 0. The van der Waals surface area contributed by atoms with Gasteiger partial charge in [0.15, 0.2) is 0 Å². The van der Waals surface area contributed by atoms with E-state index >= 15 is 0 Å². The second-order valence-corrected chi connectivity index (χ2v) is 6.74. The van der Waals surface area contributed by atoms with E-state index in [2.05, 4.69) is 4.90 Å². The lowest BCUT2D eigenvalue weighted by atomic mass is 10.0. The molecule has 0 aromatic heterocycles. The van der Waals surface area contributed by atoms with E-state index < -0.39 is 0 Å². The number of morpholine rings is 1. The van der Waals surface area contributed by atoms with Gasteiger partial charge >= 0.3 is 5.97 Å². The van der Waals surface area contributed by atoms with Crippen LogP contribution in [-0.2, 0) is 4.74 Å². The monoisotopic (exact) mass is 377 g/mol. The lowest BCUT2D eigenvalue weighted by Crippen LogP contribution is -2.40. The molecule has 4 nitrogen and oxygen atoms in total. The summed E-state index contributed by atoms with van der Waals surface area (Å²) in [4.78, 5) is 15.6. The van der Waals surface area contributed by atoms with Crippen molar-refractivity contribution in [1.29, 1.82) is 0 Å². The Bertz CT molecular complexity index is 990. The summed E-state index contributed by atoms with van der Waals surface area (Å²) >= 11 is 5.60. The molecule has 136 valence electrons. The third-order valence-electron chi connectivity index (χ3n) is 4.60. The molecule has 0 unspecified atom stereocenters. The molecule has 1 aliphatic rings. The molecule has 1 saturated heterocycles. The number of benzene rings is 3. The molecule has 1 aliphatic heterocycles. The number of hydrogen-bond donors (Lipinski definition) is 0. The maximum Gasteiger partial charge on any atom is 0.344 e. The summed E-state index contributed by atoms with van der Waals surface area (Å²) in [6, 6.07) is 20.8. The van der Waals surface area contributed by atoms with Crippen molar-refractivity contribution >= 4 is 33.9 Å². The van der Waals surface area contributed by atoms with E-state index in [1.807, 2.05) is 54.6 Å². The van der Waals surface area contributed by atoms with E-state index in [1.165, 1.54) is 0 Å². The van der Waals surface area contributed by atoms with Gasteiger partial charge in [0.2, 0.25) is 0 Å². The van der Waals surface area contributed by atoms with Gasteiger partial charge in [0.25, 0.3) is 0 Å². The van der Waals surface area contributed by atoms with Crippen LogP contribution in [0, 0.1) is 0 Å². The summed E-state index contributed by atoms with van der Waals surface area (Å²) in [6.45, 7) is 2.91. The van der Waals surface area contributed by atoms with E-state index in [4.69, 9.17) is 21.7 Å². The van der Waals surface area contributed by atoms with Gasteiger partial charge in [-0.2, -0.15) is 0 Å². The second kappa shape index (κ2) is 7.86. The highest BCUT2D eigenvalue weighted by atomic mass is 32.1. The van der Waals surface area contributed by atoms with Gasteiger partial charge in [-0.25, -0.2) is 4.79 Å². The van der Waals surface area contributed by atoms with Crippen molar-refractivity contribution in [3.8, 4) is 5.75 Å². The first-order valence-electron chi connectivity index (χ1n) is 8.89. The molecule has 3 aromatic carbocycles. The Morgan fingerprint density at radius 1 is 0.963 bits per heavy atom. The fraction of sp³-hybridized carbons (Fsp3) is 0.182. The van der Waals surface area contributed by atoms with Crippen LogP contribution in [0.3, 0.4) is 0 Å². The third kappa shape index (κ3) is 3.84. The fourth-order valence-corrected chi connectivity index (χ4v) is 3.52. The normalized spacial score (nSPS) is 14.1. The summed E-state index contributed by atoms with van der Waals surface area (Å²) in [5.41, 5.74) is 1.42. The number of carbonyl (C=O) groups excluding carboxylic acids is 1. The SMILES string of the molecule is O=C(Oc1cccc(C(=S)N2CCOCC2)c1)c1cccc2ccccc12. The smallest absolute Gasteiger partial charge is 0.344 e. The number of hydrogen-bond acceptors (Lipinski definition) is 4. The van der Waals surface area contributed by atoms with Crippen molar-refractivity contribution in [2.45, 2.75) is 0 Å². The highest BCUT2D eigenvalue weighted by Crippen LogP contribution is 2.22. The van der Waals surface area contributed by atoms with Gasteiger partial charge in [-0.05, 0) is 29.0 Å². The zero-order chi connectivity index (χ0) is 18.6. The van der Waals surface area contributed by atoms with E-state index in [0.717, 1.165) is 34.4 Å². The third-order valence-corrected chi connectivity index (χ3v) is 5.09. The minimum atomic E-state index is -0.374. The van der Waals surface area contributed by atoms with Gasteiger partial charge in [0, 0.05) is 18.7 Å². The van der Waals surface area contributed by atoms with E-state index in [0.29, 0.717) is 24.5 Å². The van der Waals surface area contributed by atoms with Crippen molar-refractivity contribution in [3.63, 3.8) is 0 Å². The molecule has 4 rings (SSSR count). The standard InChI is InChI=1S/C22H19NO3S/c24-22(20-10-4-6-16-5-1-2-9-19(16)20)26-18-8-3-7-17(15-18)21(27)23-11-13-25-14-12-23/h1-10,15H,11-14H2. The van der Waals surface area contributed by atoms with E-state index in [-0.39, 0.29) is 5.97 Å². The Balaban J connectivity index is 1.55. The number of esters is 1. The maximum atomic E-state index is 12.7. The molecule has 0 radical (unpaired) electrons. The average Bonchev–Trinajstić information content (AvgIpc) is 2.73. The maximum absolute atomic E-state index is 12.7. The van der Waals surface area contributed by atoms with Crippen molar-refractivity contribution in [3.05, 3.63) is 77.9 Å². The molecule has 0 saturated carbocycles. The first-order valence-corrected chi connectivity index (χ1v) is 9.30. The largest absolute Gasteiger partial charge is 0.423 e. The Labute approximate surface area is 163 Å². The lowest BCUT2D eigenvalue weighted by Gasteiger charge is -2.29. The minimum absolute atomic E-state index is 0.374. The van der Waals surface area contributed by atoms with Crippen LogP contribution in [0.5, 0.6) is 5.75 Å². The van der Waals surface area contributed by atoms with Crippen LogP contribution in [0.2, 0.25) is 0 Å². The molecule has 0 atom stereocenters. The van der Waals surface area contributed by atoms with E-state index in [9.17, 15) is 4.79 Å².